The fourth-order valence-corrected chi connectivity index (χ4v) is 6.06. The molecule has 2 aliphatic rings. The molecule has 3 aromatic rings. The number of esters is 1. The number of rotatable bonds is 8. The number of hydrogen-bond acceptors (Lipinski definition) is 11. The molecule has 0 aromatic carbocycles. The predicted molar refractivity (Wildman–Crippen MR) is 140 cm³/mol. The Bertz CT molecular complexity index is 1160. The highest BCUT2D eigenvalue weighted by atomic mass is 32.1. The number of thiazole rings is 1. The maximum absolute atomic E-state index is 12.2. The van der Waals surface area contributed by atoms with Crippen LogP contribution in [-0.4, -0.2) is 71.7 Å². The van der Waals surface area contributed by atoms with Crippen molar-refractivity contribution in [2.45, 2.75) is 33.2 Å². The van der Waals surface area contributed by atoms with E-state index in [2.05, 4.69) is 42.9 Å². The topological polar surface area (TPSA) is 95.5 Å². The standard InChI is InChI=1S/C24H31N7O2S2/c1-3-33-22(32)20-16(2)26-24(35-20)29-23-27-19-15-30(10-6-17-5-4-14-34-17)11-7-18(19)21(28-23)31-12-8-25-9-13-31/h4-5,14,25H,3,6-13,15H2,1-2H3,(H,26,27,28,29). The largest absolute Gasteiger partial charge is 0.462 e. The minimum atomic E-state index is -0.343. The molecule has 0 radical (unpaired) electrons. The summed E-state index contributed by atoms with van der Waals surface area (Å²) < 4.78 is 5.16. The average Bonchev–Trinajstić information content (AvgIpc) is 3.52. The van der Waals surface area contributed by atoms with E-state index in [1.54, 1.807) is 6.92 Å². The average molecular weight is 514 g/mol. The zero-order chi connectivity index (χ0) is 24.2. The van der Waals surface area contributed by atoms with E-state index in [0.717, 1.165) is 70.2 Å². The molecule has 186 valence electrons. The molecule has 1 saturated heterocycles. The lowest BCUT2D eigenvalue weighted by Crippen LogP contribution is -2.45. The van der Waals surface area contributed by atoms with Gasteiger partial charge in [-0.15, -0.1) is 11.3 Å². The predicted octanol–water partition coefficient (Wildman–Crippen LogP) is 3.23. The minimum Gasteiger partial charge on any atom is -0.462 e. The molecule has 2 aliphatic heterocycles. The Morgan fingerprint density at radius 2 is 2.09 bits per heavy atom. The molecule has 2 N–H and O–H groups in total. The quantitative estimate of drug-likeness (QED) is 0.440. The number of fused-ring (bicyclic) bond motifs is 1. The van der Waals surface area contributed by atoms with Crippen LogP contribution < -0.4 is 15.5 Å². The minimum absolute atomic E-state index is 0.337. The molecule has 5 rings (SSSR count). The molecule has 0 unspecified atom stereocenters. The summed E-state index contributed by atoms with van der Waals surface area (Å²) in [4.78, 5) is 33.4. The van der Waals surface area contributed by atoms with Crippen molar-refractivity contribution in [1.82, 2.24) is 25.2 Å². The Hall–Kier alpha value is -2.60. The lowest BCUT2D eigenvalue weighted by atomic mass is 10.0. The third-order valence-electron chi connectivity index (χ3n) is 6.27. The van der Waals surface area contributed by atoms with Crippen molar-refractivity contribution in [1.29, 1.82) is 0 Å². The second-order valence-electron chi connectivity index (χ2n) is 8.67. The van der Waals surface area contributed by atoms with Crippen LogP contribution in [0.15, 0.2) is 17.5 Å². The van der Waals surface area contributed by atoms with Gasteiger partial charge in [-0.2, -0.15) is 4.98 Å². The summed E-state index contributed by atoms with van der Waals surface area (Å²) in [5.41, 5.74) is 2.98. The second-order valence-corrected chi connectivity index (χ2v) is 10.7. The van der Waals surface area contributed by atoms with E-state index in [1.807, 2.05) is 18.3 Å². The van der Waals surface area contributed by atoms with Crippen molar-refractivity contribution < 1.29 is 9.53 Å². The molecular formula is C24H31N7O2S2. The van der Waals surface area contributed by atoms with Crippen molar-refractivity contribution in [3.05, 3.63) is 44.2 Å². The van der Waals surface area contributed by atoms with Gasteiger partial charge in [0.1, 0.15) is 10.7 Å². The first-order valence-corrected chi connectivity index (χ1v) is 13.8. The molecule has 0 saturated carbocycles. The Balaban J connectivity index is 1.39. The van der Waals surface area contributed by atoms with Gasteiger partial charge in [0.15, 0.2) is 5.13 Å². The molecule has 9 nitrogen and oxygen atoms in total. The SMILES string of the molecule is CCOC(=O)c1sc(Nc2nc3c(c(N4CCNCC4)n2)CCN(CCc2cccs2)C3)nc1C. The van der Waals surface area contributed by atoms with Gasteiger partial charge in [-0.25, -0.2) is 14.8 Å². The summed E-state index contributed by atoms with van der Waals surface area (Å²) in [7, 11) is 0. The van der Waals surface area contributed by atoms with Crippen LogP contribution in [0, 0.1) is 6.92 Å². The number of ether oxygens (including phenoxy) is 1. The number of hydrogen-bond donors (Lipinski definition) is 2. The van der Waals surface area contributed by atoms with Crippen LogP contribution in [0.2, 0.25) is 0 Å². The van der Waals surface area contributed by atoms with Gasteiger partial charge in [0.25, 0.3) is 0 Å². The number of nitrogens with one attached hydrogen (secondary N) is 2. The van der Waals surface area contributed by atoms with E-state index in [-0.39, 0.29) is 5.97 Å². The van der Waals surface area contributed by atoms with Crippen LogP contribution in [0.25, 0.3) is 0 Å². The Kier molecular flexibility index (Phi) is 7.57. The number of nitrogens with zero attached hydrogens (tertiary/aromatic N) is 5. The van der Waals surface area contributed by atoms with Crippen LogP contribution >= 0.6 is 22.7 Å². The molecular weight excluding hydrogens is 482 g/mol. The smallest absolute Gasteiger partial charge is 0.350 e. The van der Waals surface area contributed by atoms with Crippen molar-refractivity contribution >= 4 is 45.5 Å². The zero-order valence-corrected chi connectivity index (χ0v) is 21.8. The maximum atomic E-state index is 12.2. The molecule has 5 heterocycles. The second kappa shape index (κ2) is 11.0. The highest BCUT2D eigenvalue weighted by molar-refractivity contribution is 7.17. The third-order valence-corrected chi connectivity index (χ3v) is 8.26. The lowest BCUT2D eigenvalue weighted by Gasteiger charge is -2.34. The molecule has 3 aromatic heterocycles. The lowest BCUT2D eigenvalue weighted by molar-refractivity contribution is 0.0531. The summed E-state index contributed by atoms with van der Waals surface area (Å²) in [6, 6.07) is 4.32. The van der Waals surface area contributed by atoms with Gasteiger partial charge in [-0.1, -0.05) is 17.4 Å². The fraction of sp³-hybridized carbons (Fsp3) is 0.500. The van der Waals surface area contributed by atoms with Gasteiger partial charge in [-0.3, -0.25) is 10.2 Å². The molecule has 0 aliphatic carbocycles. The Morgan fingerprint density at radius 3 is 2.86 bits per heavy atom. The third kappa shape index (κ3) is 5.64. The summed E-state index contributed by atoms with van der Waals surface area (Å²) in [5, 5.41) is 9.44. The molecule has 0 atom stereocenters. The maximum Gasteiger partial charge on any atom is 0.350 e. The summed E-state index contributed by atoms with van der Waals surface area (Å²) in [5.74, 6) is 1.21. The van der Waals surface area contributed by atoms with E-state index in [1.165, 1.54) is 21.8 Å². The van der Waals surface area contributed by atoms with Crippen LogP contribution in [0.4, 0.5) is 16.9 Å². The van der Waals surface area contributed by atoms with Gasteiger partial charge in [0.2, 0.25) is 5.95 Å². The number of aryl methyl sites for hydroxylation is 1. The number of carbonyl (C=O) groups excluding carboxylic acids is 1. The number of carbonyl (C=O) groups is 1. The first kappa shape index (κ1) is 24.1. The van der Waals surface area contributed by atoms with E-state index < -0.39 is 0 Å². The van der Waals surface area contributed by atoms with Gasteiger partial charge < -0.3 is 15.0 Å². The van der Waals surface area contributed by atoms with Crippen LogP contribution in [0.5, 0.6) is 0 Å². The molecule has 0 bridgehead atoms. The van der Waals surface area contributed by atoms with Crippen molar-refractivity contribution in [2.24, 2.45) is 0 Å². The number of anilines is 3. The van der Waals surface area contributed by atoms with Gasteiger partial charge in [-0.05, 0) is 38.1 Å². The van der Waals surface area contributed by atoms with Crippen LogP contribution in [0.3, 0.4) is 0 Å². The Labute approximate surface area is 213 Å². The Morgan fingerprint density at radius 1 is 1.23 bits per heavy atom. The number of piperazine rings is 1. The summed E-state index contributed by atoms with van der Waals surface area (Å²) in [6.07, 6.45) is 2.01. The van der Waals surface area contributed by atoms with Crippen LogP contribution in [-0.2, 0) is 24.1 Å². The molecule has 0 amide bonds. The van der Waals surface area contributed by atoms with Gasteiger partial charge in [0.05, 0.1) is 18.0 Å². The van der Waals surface area contributed by atoms with Crippen LogP contribution in [0.1, 0.15) is 38.4 Å². The number of thiophene rings is 1. The van der Waals surface area contributed by atoms with E-state index in [9.17, 15) is 4.79 Å². The van der Waals surface area contributed by atoms with E-state index >= 15 is 0 Å². The molecule has 1 fully saturated rings. The number of aromatic nitrogens is 3. The molecule has 11 heteroatoms. The monoisotopic (exact) mass is 513 g/mol. The van der Waals surface area contributed by atoms with E-state index in [0.29, 0.717) is 28.3 Å². The first-order chi connectivity index (χ1) is 17.1. The molecule has 35 heavy (non-hydrogen) atoms. The van der Waals surface area contributed by atoms with Crippen molar-refractivity contribution in [3.8, 4) is 0 Å². The highest BCUT2D eigenvalue weighted by Crippen LogP contribution is 2.31. The first-order valence-electron chi connectivity index (χ1n) is 12.1. The fourth-order valence-electron chi connectivity index (χ4n) is 4.50. The van der Waals surface area contributed by atoms with Crippen molar-refractivity contribution in [2.75, 3.05) is 56.1 Å². The van der Waals surface area contributed by atoms with Crippen molar-refractivity contribution in [3.63, 3.8) is 0 Å². The summed E-state index contributed by atoms with van der Waals surface area (Å²) in [6.45, 7) is 10.5. The normalized spacial score (nSPS) is 16.2. The summed E-state index contributed by atoms with van der Waals surface area (Å²) >= 11 is 3.10. The molecule has 0 spiro atoms. The van der Waals surface area contributed by atoms with E-state index in [4.69, 9.17) is 14.7 Å². The van der Waals surface area contributed by atoms with Gasteiger partial charge >= 0.3 is 5.97 Å². The highest BCUT2D eigenvalue weighted by Gasteiger charge is 2.26. The van der Waals surface area contributed by atoms with Gasteiger partial charge in [0, 0.05) is 56.3 Å². The zero-order valence-electron chi connectivity index (χ0n) is 20.2.